The lowest BCUT2D eigenvalue weighted by atomic mass is 10.1. The maximum absolute atomic E-state index is 10.6. The van der Waals surface area contributed by atoms with Crippen molar-refractivity contribution in [2.75, 3.05) is 18.4 Å². The van der Waals surface area contributed by atoms with Crippen molar-refractivity contribution in [1.82, 2.24) is 0 Å². The molecule has 2 aromatic rings. The van der Waals surface area contributed by atoms with Gasteiger partial charge in [-0.1, -0.05) is 36.8 Å². The molecule has 1 fully saturated rings. The van der Waals surface area contributed by atoms with Crippen LogP contribution in [-0.4, -0.2) is 54.3 Å². The molecule has 0 aliphatic carbocycles. The van der Waals surface area contributed by atoms with E-state index in [0.29, 0.717) is 43.5 Å². The van der Waals surface area contributed by atoms with E-state index < -0.39 is 12.0 Å². The standard InChI is InChI=1S/C9H9NO2.C8H11N.C6H14N2O2.C5H6O3/c1-7(12)10-9-4-2-8(6-11)3-5-9;9-7-6-8-4-2-1-3-5-8;7-4-2-1-3-5(8)6(9)10;6-4-2-1-3-5(7)8-4/h2-6H,1H3,(H,10,12);1-5H,6-7,9H2;5H,1-4,7-8H2,(H,9,10);1-3H2/t;;5-;/m..0./s1. The summed E-state index contributed by atoms with van der Waals surface area (Å²) in [5.74, 6) is -1.83. The molecule has 0 spiro atoms. The summed E-state index contributed by atoms with van der Waals surface area (Å²) in [6.07, 6.45) is 5.35. The molecular weight excluding hydrogens is 504 g/mol. The van der Waals surface area contributed by atoms with Crippen LogP contribution in [0.4, 0.5) is 5.69 Å². The van der Waals surface area contributed by atoms with Gasteiger partial charge in [0.2, 0.25) is 5.91 Å². The lowest BCUT2D eigenvalue weighted by Gasteiger charge is -2.06. The number of unbranched alkanes of at least 4 members (excludes halogenated alkanes) is 1. The van der Waals surface area contributed by atoms with Gasteiger partial charge in [0, 0.05) is 31.0 Å². The van der Waals surface area contributed by atoms with Gasteiger partial charge in [-0.2, -0.15) is 0 Å². The molecule has 1 heterocycles. The topological polar surface area (TPSA) is 205 Å². The van der Waals surface area contributed by atoms with Gasteiger partial charge in [0.15, 0.2) is 0 Å². The number of benzene rings is 2. The van der Waals surface area contributed by atoms with E-state index in [9.17, 15) is 24.0 Å². The number of hydrogen-bond acceptors (Lipinski definition) is 9. The molecule has 8 N–H and O–H groups in total. The van der Waals surface area contributed by atoms with Gasteiger partial charge in [-0.25, -0.2) is 0 Å². The number of esters is 2. The number of aliphatic carboxylic acids is 1. The largest absolute Gasteiger partial charge is 0.480 e. The summed E-state index contributed by atoms with van der Waals surface area (Å²) in [5, 5.41) is 10.9. The average Bonchev–Trinajstić information content (AvgIpc) is 2.91. The third-order valence-corrected chi connectivity index (χ3v) is 4.92. The highest BCUT2D eigenvalue weighted by atomic mass is 16.6. The summed E-state index contributed by atoms with van der Waals surface area (Å²) in [4.78, 5) is 51.4. The number of carboxylic acid groups (broad SMARTS) is 1. The van der Waals surface area contributed by atoms with Gasteiger partial charge in [0.05, 0.1) is 0 Å². The van der Waals surface area contributed by atoms with Crippen molar-refractivity contribution >= 4 is 35.8 Å². The number of anilines is 1. The van der Waals surface area contributed by atoms with Crippen LogP contribution in [0.3, 0.4) is 0 Å². The molecule has 11 nitrogen and oxygen atoms in total. The smallest absolute Gasteiger partial charge is 0.320 e. The summed E-state index contributed by atoms with van der Waals surface area (Å²) in [7, 11) is 0. The zero-order valence-electron chi connectivity index (χ0n) is 22.3. The van der Waals surface area contributed by atoms with E-state index in [1.54, 1.807) is 24.3 Å². The highest BCUT2D eigenvalue weighted by Crippen LogP contribution is 2.07. The van der Waals surface area contributed by atoms with Crippen molar-refractivity contribution in [1.29, 1.82) is 0 Å². The number of aldehydes is 1. The van der Waals surface area contributed by atoms with Gasteiger partial charge in [-0.05, 0) is 68.6 Å². The Hall–Kier alpha value is -3.93. The van der Waals surface area contributed by atoms with E-state index in [1.807, 2.05) is 18.2 Å². The molecule has 1 atom stereocenters. The third kappa shape index (κ3) is 19.8. The number of amides is 1. The second-order valence-corrected chi connectivity index (χ2v) is 8.37. The molecule has 0 bridgehead atoms. The van der Waals surface area contributed by atoms with Crippen LogP contribution in [0.2, 0.25) is 0 Å². The van der Waals surface area contributed by atoms with E-state index in [4.69, 9.17) is 22.3 Å². The summed E-state index contributed by atoms with van der Waals surface area (Å²) in [6, 6.07) is 16.2. The van der Waals surface area contributed by atoms with Crippen LogP contribution in [0.5, 0.6) is 0 Å². The summed E-state index contributed by atoms with van der Waals surface area (Å²) in [6.45, 7) is 2.78. The summed E-state index contributed by atoms with van der Waals surface area (Å²) >= 11 is 0. The minimum Gasteiger partial charge on any atom is -0.480 e. The third-order valence-electron chi connectivity index (χ3n) is 4.92. The lowest BCUT2D eigenvalue weighted by molar-refractivity contribution is -0.163. The molecule has 0 radical (unpaired) electrons. The van der Waals surface area contributed by atoms with E-state index >= 15 is 0 Å². The first-order chi connectivity index (χ1) is 18.6. The highest BCUT2D eigenvalue weighted by Gasteiger charge is 2.16. The van der Waals surface area contributed by atoms with E-state index in [2.05, 4.69) is 22.2 Å². The Bertz CT molecular complexity index is 985. The number of carboxylic acids is 1. The first kappa shape index (κ1) is 35.1. The van der Waals surface area contributed by atoms with Crippen LogP contribution >= 0.6 is 0 Å². The van der Waals surface area contributed by atoms with Gasteiger partial charge in [-0.15, -0.1) is 0 Å². The SMILES string of the molecule is CC(=O)Nc1ccc(C=O)cc1.NCCCC[C@H](N)C(=O)O.NCCc1ccccc1.O=C1CCCC(=O)O1. The fourth-order valence-electron chi connectivity index (χ4n) is 2.90. The maximum Gasteiger partial charge on any atom is 0.320 e. The molecule has 0 saturated carbocycles. The molecule has 39 heavy (non-hydrogen) atoms. The lowest BCUT2D eigenvalue weighted by Crippen LogP contribution is -2.29. The molecule has 1 aliphatic rings. The molecule has 3 rings (SSSR count). The van der Waals surface area contributed by atoms with E-state index in [1.165, 1.54) is 12.5 Å². The molecule has 0 unspecified atom stereocenters. The van der Waals surface area contributed by atoms with E-state index in [0.717, 1.165) is 32.1 Å². The van der Waals surface area contributed by atoms with Crippen LogP contribution in [-0.2, 0) is 30.3 Å². The number of nitrogens with two attached hydrogens (primary N) is 3. The fourth-order valence-corrected chi connectivity index (χ4v) is 2.90. The summed E-state index contributed by atoms with van der Waals surface area (Å²) in [5.41, 5.74) is 18.4. The number of rotatable bonds is 9. The second kappa shape index (κ2) is 22.1. The van der Waals surface area contributed by atoms with Gasteiger partial charge in [0.1, 0.15) is 12.3 Å². The molecule has 214 valence electrons. The fraction of sp³-hybridized carbons (Fsp3) is 0.393. The van der Waals surface area contributed by atoms with Crippen LogP contribution in [0, 0.1) is 0 Å². The van der Waals surface area contributed by atoms with Gasteiger partial charge < -0.3 is 32.4 Å². The Morgan fingerprint density at radius 1 is 0.974 bits per heavy atom. The van der Waals surface area contributed by atoms with Gasteiger partial charge in [-0.3, -0.25) is 24.0 Å². The average molecular weight is 545 g/mol. The number of carbonyl (C=O) groups is 5. The predicted octanol–water partition coefficient (Wildman–Crippen LogP) is 2.41. The Kier molecular flexibility index (Phi) is 19.9. The van der Waals surface area contributed by atoms with Crippen LogP contribution in [0.15, 0.2) is 54.6 Å². The first-order valence-electron chi connectivity index (χ1n) is 12.6. The Balaban J connectivity index is 0.000000499. The Morgan fingerprint density at radius 3 is 1.97 bits per heavy atom. The van der Waals surface area contributed by atoms with E-state index in [-0.39, 0.29) is 17.8 Å². The van der Waals surface area contributed by atoms with Crippen LogP contribution in [0.25, 0.3) is 0 Å². The van der Waals surface area contributed by atoms with Crippen LogP contribution in [0.1, 0.15) is 61.4 Å². The number of carbonyl (C=O) groups excluding carboxylic acids is 4. The zero-order chi connectivity index (χ0) is 29.5. The number of hydrogen-bond donors (Lipinski definition) is 5. The minimum absolute atomic E-state index is 0.117. The highest BCUT2D eigenvalue weighted by molar-refractivity contribution is 5.89. The van der Waals surface area contributed by atoms with Crippen molar-refractivity contribution < 1.29 is 33.8 Å². The zero-order valence-corrected chi connectivity index (χ0v) is 22.3. The van der Waals surface area contributed by atoms with Gasteiger partial charge >= 0.3 is 17.9 Å². The Labute approximate surface area is 229 Å². The minimum atomic E-state index is -0.933. The van der Waals surface area contributed by atoms with Crippen LogP contribution < -0.4 is 22.5 Å². The Morgan fingerprint density at radius 2 is 1.56 bits per heavy atom. The number of ether oxygens (including phenoxy) is 1. The van der Waals surface area contributed by atoms with Crippen molar-refractivity contribution in [3.63, 3.8) is 0 Å². The molecule has 1 aliphatic heterocycles. The normalized spacial score (nSPS) is 12.5. The monoisotopic (exact) mass is 544 g/mol. The van der Waals surface area contributed by atoms with Crippen molar-refractivity contribution in [2.24, 2.45) is 17.2 Å². The molecular formula is C28H40N4O7. The van der Waals surface area contributed by atoms with Gasteiger partial charge in [0.25, 0.3) is 0 Å². The molecule has 1 amide bonds. The predicted molar refractivity (Wildman–Crippen MR) is 149 cm³/mol. The van der Waals surface area contributed by atoms with Crippen molar-refractivity contribution in [3.05, 3.63) is 65.7 Å². The summed E-state index contributed by atoms with van der Waals surface area (Å²) < 4.78 is 4.21. The maximum atomic E-state index is 10.6. The first-order valence-corrected chi connectivity index (χ1v) is 12.6. The molecule has 2 aromatic carbocycles. The molecule has 1 saturated heterocycles. The quantitative estimate of drug-likeness (QED) is 0.135. The van der Waals surface area contributed by atoms with Crippen molar-refractivity contribution in [3.8, 4) is 0 Å². The number of cyclic esters (lactones) is 2. The number of nitrogens with one attached hydrogen (secondary N) is 1. The molecule has 0 aromatic heterocycles. The molecule has 11 heteroatoms. The second-order valence-electron chi connectivity index (χ2n) is 8.37. The van der Waals surface area contributed by atoms with Crippen molar-refractivity contribution in [2.45, 2.75) is 57.9 Å².